The molecule has 0 aromatic rings. The van der Waals surface area contributed by atoms with E-state index >= 15 is 0 Å². The second kappa shape index (κ2) is 4.39. The fourth-order valence-corrected chi connectivity index (χ4v) is 4.26. The van der Waals surface area contributed by atoms with Gasteiger partial charge in [0.15, 0.2) is 5.12 Å². The highest BCUT2D eigenvalue weighted by atomic mass is 32.2. The zero-order valence-corrected chi connectivity index (χ0v) is 11.3. The lowest BCUT2D eigenvalue weighted by molar-refractivity contribution is -0.156. The number of hydrogen-bond donors (Lipinski definition) is 1. The molecule has 4 heteroatoms. The van der Waals surface area contributed by atoms with Gasteiger partial charge in [0.2, 0.25) is 0 Å². The topological polar surface area (TPSA) is 54.4 Å². The molecule has 0 unspecified atom stereocenters. The van der Waals surface area contributed by atoms with Crippen molar-refractivity contribution in [2.45, 2.75) is 51.6 Å². The maximum Gasteiger partial charge on any atom is 0.194 e. The third-order valence-corrected chi connectivity index (χ3v) is 5.48. The minimum atomic E-state index is -1.08. The van der Waals surface area contributed by atoms with Crippen LogP contribution in [-0.2, 0) is 9.59 Å². The van der Waals surface area contributed by atoms with Crippen molar-refractivity contribution in [2.24, 2.45) is 11.3 Å². The molecule has 0 saturated heterocycles. The Morgan fingerprint density at radius 3 is 2.88 bits per heavy atom. The third-order valence-electron chi connectivity index (χ3n) is 4.62. The van der Waals surface area contributed by atoms with Crippen molar-refractivity contribution in [3.05, 3.63) is 0 Å². The van der Waals surface area contributed by atoms with Gasteiger partial charge in [0, 0.05) is 6.42 Å². The highest BCUT2D eigenvalue weighted by Gasteiger charge is 2.62. The Balaban J connectivity index is 2.30. The van der Waals surface area contributed by atoms with Crippen molar-refractivity contribution in [3.63, 3.8) is 0 Å². The molecule has 3 nitrogen and oxygen atoms in total. The zero-order valence-electron chi connectivity index (χ0n) is 10.5. The van der Waals surface area contributed by atoms with Gasteiger partial charge in [-0.05, 0) is 31.9 Å². The quantitative estimate of drug-likeness (QED) is 0.822. The van der Waals surface area contributed by atoms with Gasteiger partial charge in [-0.1, -0.05) is 25.1 Å². The molecule has 0 aromatic heterocycles. The van der Waals surface area contributed by atoms with Gasteiger partial charge in [-0.25, -0.2) is 0 Å². The van der Waals surface area contributed by atoms with Gasteiger partial charge in [0.1, 0.15) is 5.78 Å². The van der Waals surface area contributed by atoms with Crippen LogP contribution in [0.15, 0.2) is 0 Å². The largest absolute Gasteiger partial charge is 0.388 e. The van der Waals surface area contributed by atoms with Gasteiger partial charge in [0.25, 0.3) is 0 Å². The number of Topliss-reactive ketones (excluding diaryl/α,β-unsaturated/α-hetero) is 1. The van der Waals surface area contributed by atoms with E-state index in [2.05, 4.69) is 0 Å². The highest BCUT2D eigenvalue weighted by molar-refractivity contribution is 8.13. The molecule has 0 spiro atoms. The van der Waals surface area contributed by atoms with Crippen LogP contribution >= 0.6 is 11.8 Å². The van der Waals surface area contributed by atoms with Crippen LogP contribution in [-0.4, -0.2) is 27.4 Å². The molecule has 0 bridgehead atoms. The summed E-state index contributed by atoms with van der Waals surface area (Å²) in [6, 6.07) is 0. The lowest BCUT2D eigenvalue weighted by Crippen LogP contribution is -2.55. The van der Waals surface area contributed by atoms with E-state index in [1.165, 1.54) is 11.8 Å². The molecule has 0 heterocycles. The highest BCUT2D eigenvalue weighted by Crippen LogP contribution is 2.56. The maximum absolute atomic E-state index is 12.1. The van der Waals surface area contributed by atoms with Gasteiger partial charge in [-0.2, -0.15) is 0 Å². The summed E-state index contributed by atoms with van der Waals surface area (Å²) in [5.41, 5.74) is -1.76. The average Bonchev–Trinajstić information content (AvgIpc) is 2.52. The molecular formula is C13H20O3S. The molecule has 2 fully saturated rings. The Morgan fingerprint density at radius 2 is 2.24 bits per heavy atom. The summed E-state index contributed by atoms with van der Waals surface area (Å²) >= 11 is 1.27. The first kappa shape index (κ1) is 13.1. The molecule has 0 amide bonds. The number of thioether (sulfide) groups is 1. The van der Waals surface area contributed by atoms with Crippen LogP contribution in [0.2, 0.25) is 0 Å². The van der Waals surface area contributed by atoms with E-state index in [4.69, 9.17) is 0 Å². The molecule has 2 rings (SSSR count). The molecule has 3 atom stereocenters. The van der Waals surface area contributed by atoms with Crippen molar-refractivity contribution >= 4 is 22.7 Å². The van der Waals surface area contributed by atoms with E-state index in [1.54, 1.807) is 0 Å². The summed E-state index contributed by atoms with van der Waals surface area (Å²) in [5, 5.41) is 10.9. The van der Waals surface area contributed by atoms with Gasteiger partial charge in [-0.15, -0.1) is 0 Å². The number of hydrogen-bond acceptors (Lipinski definition) is 4. The summed E-state index contributed by atoms with van der Waals surface area (Å²) in [4.78, 5) is 24.1. The molecular weight excluding hydrogens is 236 g/mol. The van der Waals surface area contributed by atoms with E-state index in [1.807, 2.05) is 13.8 Å². The SMILES string of the molecule is CCSC(=O)[C@H]1CCC[C@]2(C)C(=O)CC[C@]12O. The lowest BCUT2D eigenvalue weighted by Gasteiger charge is -2.47. The van der Waals surface area contributed by atoms with Crippen LogP contribution in [0, 0.1) is 11.3 Å². The van der Waals surface area contributed by atoms with Gasteiger partial charge < -0.3 is 5.11 Å². The van der Waals surface area contributed by atoms with Crippen LogP contribution in [0.1, 0.15) is 46.0 Å². The standard InChI is InChI=1S/C13H20O3S/c1-3-17-11(15)9-5-4-7-12(2)10(14)6-8-13(9,12)16/h9,16H,3-8H2,1-2H3/t9-,12-,13+/m1/s1. The van der Waals surface area contributed by atoms with Gasteiger partial charge in [0.05, 0.1) is 16.9 Å². The van der Waals surface area contributed by atoms with E-state index in [0.29, 0.717) is 12.8 Å². The summed E-state index contributed by atoms with van der Waals surface area (Å²) in [5.74, 6) is 0.521. The Kier molecular flexibility index (Phi) is 3.38. The number of fused-ring (bicyclic) bond motifs is 1. The second-order valence-corrected chi connectivity index (χ2v) is 6.64. The van der Waals surface area contributed by atoms with Crippen LogP contribution < -0.4 is 0 Å². The van der Waals surface area contributed by atoms with Crippen molar-refractivity contribution in [1.29, 1.82) is 0 Å². The second-order valence-electron chi connectivity index (χ2n) is 5.38. The number of aliphatic hydroxyl groups is 1. The van der Waals surface area contributed by atoms with E-state index in [-0.39, 0.29) is 16.8 Å². The van der Waals surface area contributed by atoms with E-state index < -0.39 is 11.0 Å². The lowest BCUT2D eigenvalue weighted by atomic mass is 9.61. The van der Waals surface area contributed by atoms with Crippen LogP contribution in [0.5, 0.6) is 0 Å². The van der Waals surface area contributed by atoms with Crippen molar-refractivity contribution in [1.82, 2.24) is 0 Å². The van der Waals surface area contributed by atoms with Gasteiger partial charge in [-0.3, -0.25) is 9.59 Å². The molecule has 2 aliphatic carbocycles. The number of carbonyl (C=O) groups excluding carboxylic acids is 2. The predicted molar refractivity (Wildman–Crippen MR) is 67.8 cm³/mol. The Hall–Kier alpha value is -0.350. The minimum absolute atomic E-state index is 0.0654. The fraction of sp³-hybridized carbons (Fsp3) is 0.846. The summed E-state index contributed by atoms with van der Waals surface area (Å²) in [7, 11) is 0. The molecule has 17 heavy (non-hydrogen) atoms. The number of rotatable bonds is 2. The molecule has 96 valence electrons. The summed E-state index contributed by atoms with van der Waals surface area (Å²) < 4.78 is 0. The molecule has 0 aliphatic heterocycles. The van der Waals surface area contributed by atoms with Crippen LogP contribution in [0.3, 0.4) is 0 Å². The third kappa shape index (κ3) is 1.76. The number of ketones is 1. The van der Waals surface area contributed by atoms with E-state index in [9.17, 15) is 14.7 Å². The first-order chi connectivity index (χ1) is 7.95. The first-order valence-corrected chi connectivity index (χ1v) is 7.36. The van der Waals surface area contributed by atoms with Crippen LogP contribution in [0.4, 0.5) is 0 Å². The van der Waals surface area contributed by atoms with Crippen molar-refractivity contribution in [2.75, 3.05) is 5.75 Å². The van der Waals surface area contributed by atoms with Crippen molar-refractivity contribution < 1.29 is 14.7 Å². The maximum atomic E-state index is 12.1. The normalized spacial score (nSPS) is 41.4. The molecule has 1 N–H and O–H groups in total. The Morgan fingerprint density at radius 1 is 1.53 bits per heavy atom. The van der Waals surface area contributed by atoms with Crippen molar-refractivity contribution in [3.8, 4) is 0 Å². The fourth-order valence-electron chi connectivity index (χ4n) is 3.47. The Labute approximate surface area is 106 Å². The average molecular weight is 256 g/mol. The molecule has 0 radical (unpaired) electrons. The Bertz CT molecular complexity index is 355. The predicted octanol–water partition coefficient (Wildman–Crippen LogP) is 2.17. The zero-order chi connectivity index (χ0) is 12.7. The van der Waals surface area contributed by atoms with Gasteiger partial charge >= 0.3 is 0 Å². The first-order valence-electron chi connectivity index (χ1n) is 6.38. The molecule has 0 aromatic carbocycles. The monoisotopic (exact) mass is 256 g/mol. The number of carbonyl (C=O) groups is 2. The summed E-state index contributed by atoms with van der Waals surface area (Å²) in [6.07, 6.45) is 3.20. The minimum Gasteiger partial charge on any atom is -0.388 e. The van der Waals surface area contributed by atoms with E-state index in [0.717, 1.165) is 25.0 Å². The molecule has 2 saturated carbocycles. The smallest absolute Gasteiger partial charge is 0.194 e. The van der Waals surface area contributed by atoms with Crippen LogP contribution in [0.25, 0.3) is 0 Å². The molecule has 2 aliphatic rings. The summed E-state index contributed by atoms with van der Waals surface area (Å²) in [6.45, 7) is 3.78.